The lowest BCUT2D eigenvalue weighted by atomic mass is 9.93. The van der Waals surface area contributed by atoms with Crippen LogP contribution in [0, 0.1) is 24.4 Å². The van der Waals surface area contributed by atoms with Crippen LogP contribution in [0.3, 0.4) is 0 Å². The summed E-state index contributed by atoms with van der Waals surface area (Å²) in [5.74, 6) is -2.32. The van der Waals surface area contributed by atoms with Crippen molar-refractivity contribution in [1.82, 2.24) is 0 Å². The molecule has 2 aromatic rings. The van der Waals surface area contributed by atoms with Gasteiger partial charge in [-0.1, -0.05) is 32.0 Å². The second kappa shape index (κ2) is 5.08. The quantitative estimate of drug-likeness (QED) is 0.699. The number of aryl methyl sites for hydroxylation is 1. The lowest BCUT2D eigenvalue weighted by Crippen LogP contribution is -1.96. The molecule has 100 valence electrons. The van der Waals surface area contributed by atoms with Gasteiger partial charge in [0.05, 0.1) is 5.56 Å². The van der Waals surface area contributed by atoms with E-state index in [0.717, 1.165) is 11.1 Å². The first-order chi connectivity index (χ1) is 8.90. The van der Waals surface area contributed by atoms with Crippen molar-refractivity contribution < 1.29 is 13.2 Å². The SMILES string of the molecule is Cc1cc(-c2c(F)cc(F)cc2F)ccc1C(C)C. The third-order valence-electron chi connectivity index (χ3n) is 3.19. The van der Waals surface area contributed by atoms with Gasteiger partial charge < -0.3 is 0 Å². The minimum atomic E-state index is -0.908. The Morgan fingerprint density at radius 3 is 1.95 bits per heavy atom. The van der Waals surface area contributed by atoms with Crippen LogP contribution in [-0.4, -0.2) is 0 Å². The molecule has 0 heterocycles. The van der Waals surface area contributed by atoms with Crippen molar-refractivity contribution in [2.24, 2.45) is 0 Å². The Balaban J connectivity index is 2.57. The molecule has 0 fully saturated rings. The number of benzene rings is 2. The van der Waals surface area contributed by atoms with Gasteiger partial charge in [0.25, 0.3) is 0 Å². The lowest BCUT2D eigenvalue weighted by Gasteiger charge is -2.12. The van der Waals surface area contributed by atoms with Crippen molar-refractivity contribution in [1.29, 1.82) is 0 Å². The predicted octanol–water partition coefficient (Wildman–Crippen LogP) is 5.20. The average molecular weight is 264 g/mol. The van der Waals surface area contributed by atoms with Crippen LogP contribution in [0.4, 0.5) is 13.2 Å². The van der Waals surface area contributed by atoms with E-state index >= 15 is 0 Å². The van der Waals surface area contributed by atoms with Gasteiger partial charge in [-0.05, 0) is 29.5 Å². The molecular weight excluding hydrogens is 249 g/mol. The highest BCUT2D eigenvalue weighted by molar-refractivity contribution is 5.66. The summed E-state index contributed by atoms with van der Waals surface area (Å²) in [6, 6.07) is 6.66. The van der Waals surface area contributed by atoms with Gasteiger partial charge in [0.1, 0.15) is 17.5 Å². The summed E-state index contributed by atoms with van der Waals surface area (Å²) < 4.78 is 40.3. The molecule has 19 heavy (non-hydrogen) atoms. The van der Waals surface area contributed by atoms with Gasteiger partial charge >= 0.3 is 0 Å². The Labute approximate surface area is 110 Å². The normalized spacial score (nSPS) is 11.1. The second-order valence-electron chi connectivity index (χ2n) is 4.97. The van der Waals surface area contributed by atoms with Crippen LogP contribution >= 0.6 is 0 Å². The second-order valence-corrected chi connectivity index (χ2v) is 4.97. The van der Waals surface area contributed by atoms with Crippen molar-refractivity contribution in [2.75, 3.05) is 0 Å². The van der Waals surface area contributed by atoms with E-state index in [0.29, 0.717) is 23.6 Å². The third-order valence-corrected chi connectivity index (χ3v) is 3.19. The number of hydrogen-bond acceptors (Lipinski definition) is 0. The summed E-state index contributed by atoms with van der Waals surface area (Å²) in [7, 11) is 0. The summed E-state index contributed by atoms with van der Waals surface area (Å²) in [5.41, 5.74) is 2.35. The molecule has 0 spiro atoms. The molecule has 0 nitrogen and oxygen atoms in total. The van der Waals surface area contributed by atoms with Crippen LogP contribution < -0.4 is 0 Å². The molecule has 0 bridgehead atoms. The zero-order valence-corrected chi connectivity index (χ0v) is 11.1. The molecule has 0 aliphatic rings. The zero-order chi connectivity index (χ0) is 14.2. The molecule has 0 radical (unpaired) electrons. The zero-order valence-electron chi connectivity index (χ0n) is 11.1. The topological polar surface area (TPSA) is 0 Å². The van der Waals surface area contributed by atoms with Gasteiger partial charge in [-0.15, -0.1) is 0 Å². The molecular formula is C16H15F3. The van der Waals surface area contributed by atoms with Gasteiger partial charge in [-0.25, -0.2) is 13.2 Å². The predicted molar refractivity (Wildman–Crippen MR) is 70.6 cm³/mol. The molecule has 0 atom stereocenters. The summed E-state index contributed by atoms with van der Waals surface area (Å²) in [6.45, 7) is 6.01. The first kappa shape index (κ1) is 13.7. The maximum atomic E-state index is 13.7. The van der Waals surface area contributed by atoms with Gasteiger partial charge in [-0.2, -0.15) is 0 Å². The van der Waals surface area contributed by atoms with Crippen molar-refractivity contribution in [2.45, 2.75) is 26.7 Å². The van der Waals surface area contributed by atoms with E-state index in [1.54, 1.807) is 12.1 Å². The van der Waals surface area contributed by atoms with Crippen LogP contribution in [0.15, 0.2) is 30.3 Å². The fourth-order valence-corrected chi connectivity index (χ4v) is 2.30. The molecule has 2 rings (SSSR count). The lowest BCUT2D eigenvalue weighted by molar-refractivity contribution is 0.548. The molecule has 0 amide bonds. The fourth-order valence-electron chi connectivity index (χ4n) is 2.30. The smallest absolute Gasteiger partial charge is 0.136 e. The van der Waals surface area contributed by atoms with E-state index < -0.39 is 17.5 Å². The third kappa shape index (κ3) is 2.65. The van der Waals surface area contributed by atoms with E-state index in [1.165, 1.54) is 0 Å². The molecule has 0 aliphatic carbocycles. The molecule has 0 N–H and O–H groups in total. The molecule has 3 heteroatoms. The van der Waals surface area contributed by atoms with Crippen molar-refractivity contribution in [3.63, 3.8) is 0 Å². The fraction of sp³-hybridized carbons (Fsp3) is 0.250. The maximum Gasteiger partial charge on any atom is 0.136 e. The Kier molecular flexibility index (Phi) is 3.65. The molecule has 0 aromatic heterocycles. The van der Waals surface area contributed by atoms with Crippen molar-refractivity contribution in [3.05, 3.63) is 58.9 Å². The summed E-state index contributed by atoms with van der Waals surface area (Å²) in [5, 5.41) is 0. The van der Waals surface area contributed by atoms with E-state index in [4.69, 9.17) is 0 Å². The number of hydrogen-bond donors (Lipinski definition) is 0. The van der Waals surface area contributed by atoms with Crippen LogP contribution in [-0.2, 0) is 0 Å². The summed E-state index contributed by atoms with van der Waals surface area (Å²) >= 11 is 0. The van der Waals surface area contributed by atoms with Crippen LogP contribution in [0.2, 0.25) is 0 Å². The maximum absolute atomic E-state index is 13.7. The van der Waals surface area contributed by atoms with Gasteiger partial charge in [0.2, 0.25) is 0 Å². The highest BCUT2D eigenvalue weighted by atomic mass is 19.1. The number of halogens is 3. The van der Waals surface area contributed by atoms with E-state index in [1.807, 2.05) is 13.0 Å². The molecule has 0 saturated carbocycles. The first-order valence-corrected chi connectivity index (χ1v) is 6.15. The summed E-state index contributed by atoms with van der Waals surface area (Å²) in [4.78, 5) is 0. The monoisotopic (exact) mass is 264 g/mol. The van der Waals surface area contributed by atoms with Crippen LogP contribution in [0.25, 0.3) is 11.1 Å². The molecule has 2 aromatic carbocycles. The van der Waals surface area contributed by atoms with E-state index in [2.05, 4.69) is 13.8 Å². The number of rotatable bonds is 2. The standard InChI is InChI=1S/C16H15F3/c1-9(2)13-5-4-11(6-10(13)3)16-14(18)7-12(17)8-15(16)19/h4-9H,1-3H3. The van der Waals surface area contributed by atoms with Crippen molar-refractivity contribution in [3.8, 4) is 11.1 Å². The van der Waals surface area contributed by atoms with Crippen LogP contribution in [0.5, 0.6) is 0 Å². The van der Waals surface area contributed by atoms with Gasteiger partial charge in [-0.3, -0.25) is 0 Å². The Hall–Kier alpha value is -1.77. The summed E-state index contributed by atoms with van der Waals surface area (Å²) in [6.07, 6.45) is 0. The van der Waals surface area contributed by atoms with Gasteiger partial charge in [0, 0.05) is 12.1 Å². The largest absolute Gasteiger partial charge is 0.207 e. The molecule has 0 unspecified atom stereocenters. The first-order valence-electron chi connectivity index (χ1n) is 6.15. The van der Waals surface area contributed by atoms with E-state index in [-0.39, 0.29) is 5.56 Å². The Morgan fingerprint density at radius 1 is 0.895 bits per heavy atom. The minimum Gasteiger partial charge on any atom is -0.207 e. The minimum absolute atomic E-state index is 0.181. The van der Waals surface area contributed by atoms with Gasteiger partial charge in [0.15, 0.2) is 0 Å². The highest BCUT2D eigenvalue weighted by Crippen LogP contribution is 2.30. The van der Waals surface area contributed by atoms with E-state index in [9.17, 15) is 13.2 Å². The molecule has 0 saturated heterocycles. The highest BCUT2D eigenvalue weighted by Gasteiger charge is 2.14. The average Bonchev–Trinajstić information content (AvgIpc) is 2.26. The Morgan fingerprint density at radius 2 is 1.47 bits per heavy atom. The van der Waals surface area contributed by atoms with Crippen molar-refractivity contribution >= 4 is 0 Å². The Bertz CT molecular complexity index is 592. The molecule has 0 aliphatic heterocycles. The van der Waals surface area contributed by atoms with Crippen LogP contribution in [0.1, 0.15) is 30.9 Å².